The van der Waals surface area contributed by atoms with Crippen LogP contribution in [0.3, 0.4) is 0 Å². The summed E-state index contributed by atoms with van der Waals surface area (Å²) in [4.78, 5) is 0. The number of thioether (sulfide) groups is 1. The normalized spacial score (nSPS) is 13.5. The highest BCUT2D eigenvalue weighted by atomic mass is 35.5. The number of phenolic OH excluding ortho intramolecular Hbond substituents is 1. The van der Waals surface area contributed by atoms with Crippen LogP contribution in [0.25, 0.3) is 11.4 Å². The maximum Gasteiger partial charge on any atom is 0.212 e. The zero-order valence-corrected chi connectivity index (χ0v) is 13.4. The lowest BCUT2D eigenvalue weighted by atomic mass is 10.1. The zero-order valence-electron chi connectivity index (χ0n) is 11.8. The van der Waals surface area contributed by atoms with Crippen LogP contribution in [0.15, 0.2) is 58.8 Å². The number of phenols is 1. The van der Waals surface area contributed by atoms with Gasteiger partial charge < -0.3 is 5.11 Å². The SMILES string of the molecule is Oc1ccccc1-c1nnc2n1N=C(c1ccc(Cl)cc1)CS2. The van der Waals surface area contributed by atoms with Gasteiger partial charge >= 0.3 is 0 Å². The monoisotopic (exact) mass is 342 g/mol. The molecule has 2 heterocycles. The first-order chi connectivity index (χ1) is 11.2. The lowest BCUT2D eigenvalue weighted by Crippen LogP contribution is -2.13. The first-order valence-electron chi connectivity index (χ1n) is 6.93. The van der Waals surface area contributed by atoms with Gasteiger partial charge in [-0.1, -0.05) is 47.6 Å². The Labute approximate surface area is 141 Å². The first kappa shape index (κ1) is 14.3. The molecule has 23 heavy (non-hydrogen) atoms. The van der Waals surface area contributed by atoms with Crippen LogP contribution in [0.4, 0.5) is 0 Å². The Morgan fingerprint density at radius 2 is 1.83 bits per heavy atom. The average molecular weight is 343 g/mol. The van der Waals surface area contributed by atoms with E-state index in [4.69, 9.17) is 11.6 Å². The van der Waals surface area contributed by atoms with Crippen LogP contribution in [-0.4, -0.2) is 31.4 Å². The molecule has 0 bridgehead atoms. The maximum atomic E-state index is 10.0. The minimum absolute atomic E-state index is 0.154. The minimum atomic E-state index is 0.154. The Hall–Kier alpha value is -2.31. The van der Waals surface area contributed by atoms with Gasteiger partial charge in [-0.2, -0.15) is 9.78 Å². The molecule has 0 saturated carbocycles. The third-order valence-corrected chi connectivity index (χ3v) is 4.68. The van der Waals surface area contributed by atoms with E-state index < -0.39 is 0 Å². The number of para-hydroxylation sites is 1. The summed E-state index contributed by atoms with van der Waals surface area (Å²) >= 11 is 7.50. The third kappa shape index (κ3) is 2.60. The molecule has 7 heteroatoms. The predicted molar refractivity (Wildman–Crippen MR) is 91.2 cm³/mol. The Balaban J connectivity index is 1.81. The van der Waals surface area contributed by atoms with Gasteiger partial charge in [0, 0.05) is 10.8 Å². The van der Waals surface area contributed by atoms with Gasteiger partial charge in [0.05, 0.1) is 11.3 Å². The second-order valence-corrected chi connectivity index (χ2v) is 6.36. The van der Waals surface area contributed by atoms with Crippen LogP contribution in [0, 0.1) is 0 Å². The highest BCUT2D eigenvalue weighted by Crippen LogP contribution is 2.32. The Morgan fingerprint density at radius 1 is 1.04 bits per heavy atom. The average Bonchev–Trinajstić information content (AvgIpc) is 2.99. The number of aromatic nitrogens is 3. The van der Waals surface area contributed by atoms with Crippen molar-refractivity contribution < 1.29 is 5.11 Å². The van der Waals surface area contributed by atoms with E-state index in [0.717, 1.165) is 11.3 Å². The van der Waals surface area contributed by atoms with E-state index in [0.29, 0.717) is 27.3 Å². The standard InChI is InChI=1S/C16H11ClN4OS/c17-11-7-5-10(6-8-11)13-9-23-16-19-18-15(21(16)20-13)12-3-1-2-4-14(12)22/h1-8,22H,9H2. The van der Waals surface area contributed by atoms with Gasteiger partial charge in [0.25, 0.3) is 0 Å². The summed E-state index contributed by atoms with van der Waals surface area (Å²) in [6, 6.07) is 14.6. The number of fused-ring (bicyclic) bond motifs is 1. The van der Waals surface area contributed by atoms with Crippen molar-refractivity contribution in [3.63, 3.8) is 0 Å². The summed E-state index contributed by atoms with van der Waals surface area (Å²) < 4.78 is 1.67. The molecular weight excluding hydrogens is 332 g/mol. The molecule has 2 aromatic carbocycles. The van der Waals surface area contributed by atoms with E-state index in [1.165, 1.54) is 0 Å². The molecular formula is C16H11ClN4OS. The van der Waals surface area contributed by atoms with Crippen LogP contribution in [0.5, 0.6) is 5.75 Å². The Bertz CT molecular complexity index is 905. The number of aromatic hydroxyl groups is 1. The topological polar surface area (TPSA) is 63.3 Å². The largest absolute Gasteiger partial charge is 0.507 e. The molecule has 4 rings (SSSR count). The van der Waals surface area contributed by atoms with Crippen molar-refractivity contribution in [2.24, 2.45) is 5.10 Å². The summed E-state index contributed by atoms with van der Waals surface area (Å²) in [5.74, 6) is 1.39. The fourth-order valence-electron chi connectivity index (χ4n) is 2.34. The third-order valence-electron chi connectivity index (χ3n) is 3.49. The van der Waals surface area contributed by atoms with Crippen molar-refractivity contribution in [2.75, 3.05) is 5.75 Å². The van der Waals surface area contributed by atoms with Crippen molar-refractivity contribution >= 4 is 29.1 Å². The van der Waals surface area contributed by atoms with Gasteiger partial charge in [-0.15, -0.1) is 10.2 Å². The zero-order chi connectivity index (χ0) is 15.8. The molecule has 5 nitrogen and oxygen atoms in total. The molecule has 1 aliphatic heterocycles. The molecule has 0 atom stereocenters. The second-order valence-electron chi connectivity index (χ2n) is 4.98. The van der Waals surface area contributed by atoms with Crippen LogP contribution in [0.2, 0.25) is 5.02 Å². The van der Waals surface area contributed by atoms with Crippen molar-refractivity contribution in [2.45, 2.75) is 5.16 Å². The van der Waals surface area contributed by atoms with Gasteiger partial charge in [-0.3, -0.25) is 0 Å². The highest BCUT2D eigenvalue weighted by Gasteiger charge is 2.21. The molecule has 1 aliphatic rings. The smallest absolute Gasteiger partial charge is 0.212 e. The van der Waals surface area contributed by atoms with Crippen molar-refractivity contribution in [3.05, 3.63) is 59.1 Å². The number of hydrogen-bond acceptors (Lipinski definition) is 5. The fraction of sp³-hybridized carbons (Fsp3) is 0.0625. The summed E-state index contributed by atoms with van der Waals surface area (Å²) in [5, 5.41) is 24.4. The maximum absolute atomic E-state index is 10.0. The van der Waals surface area contributed by atoms with Gasteiger partial charge in [0.15, 0.2) is 5.82 Å². The summed E-state index contributed by atoms with van der Waals surface area (Å²) in [5.41, 5.74) is 2.52. The molecule has 0 spiro atoms. The molecule has 114 valence electrons. The summed E-state index contributed by atoms with van der Waals surface area (Å²) in [7, 11) is 0. The van der Waals surface area contributed by atoms with Crippen LogP contribution < -0.4 is 0 Å². The van der Waals surface area contributed by atoms with Crippen molar-refractivity contribution in [1.29, 1.82) is 0 Å². The fourth-order valence-corrected chi connectivity index (χ4v) is 3.31. The molecule has 3 aromatic rings. The van der Waals surface area contributed by atoms with Gasteiger partial charge in [0.2, 0.25) is 5.16 Å². The number of benzene rings is 2. The molecule has 0 radical (unpaired) electrons. The highest BCUT2D eigenvalue weighted by molar-refractivity contribution is 7.99. The second kappa shape index (κ2) is 5.72. The van der Waals surface area contributed by atoms with E-state index in [1.807, 2.05) is 30.3 Å². The molecule has 0 fully saturated rings. The first-order valence-corrected chi connectivity index (χ1v) is 8.29. The number of hydrogen-bond donors (Lipinski definition) is 1. The van der Waals surface area contributed by atoms with Crippen LogP contribution in [-0.2, 0) is 0 Å². The quantitative estimate of drug-likeness (QED) is 0.772. The Morgan fingerprint density at radius 3 is 2.61 bits per heavy atom. The summed E-state index contributed by atoms with van der Waals surface area (Å²) in [6.07, 6.45) is 0. The van der Waals surface area contributed by atoms with Gasteiger partial charge in [-0.25, -0.2) is 0 Å². The lowest BCUT2D eigenvalue weighted by molar-refractivity contribution is 0.476. The van der Waals surface area contributed by atoms with Gasteiger partial charge in [0.1, 0.15) is 5.75 Å². The molecule has 1 N–H and O–H groups in total. The molecule has 0 aliphatic carbocycles. The van der Waals surface area contributed by atoms with E-state index in [1.54, 1.807) is 34.6 Å². The molecule has 0 unspecified atom stereocenters. The van der Waals surface area contributed by atoms with E-state index in [-0.39, 0.29) is 5.75 Å². The van der Waals surface area contributed by atoms with Gasteiger partial charge in [-0.05, 0) is 29.8 Å². The lowest BCUT2D eigenvalue weighted by Gasteiger charge is -2.14. The number of rotatable bonds is 2. The van der Waals surface area contributed by atoms with Crippen molar-refractivity contribution in [1.82, 2.24) is 14.9 Å². The van der Waals surface area contributed by atoms with E-state index in [9.17, 15) is 5.11 Å². The summed E-state index contributed by atoms with van der Waals surface area (Å²) in [6.45, 7) is 0. The molecule has 0 saturated heterocycles. The number of halogens is 1. The van der Waals surface area contributed by atoms with Crippen LogP contribution >= 0.6 is 23.4 Å². The van der Waals surface area contributed by atoms with E-state index >= 15 is 0 Å². The molecule has 1 aromatic heterocycles. The Kier molecular flexibility index (Phi) is 3.55. The minimum Gasteiger partial charge on any atom is -0.507 e. The van der Waals surface area contributed by atoms with Crippen molar-refractivity contribution in [3.8, 4) is 17.1 Å². The van der Waals surface area contributed by atoms with E-state index in [2.05, 4.69) is 15.3 Å². The predicted octanol–water partition coefficient (Wildman–Crippen LogP) is 3.66. The molecule has 0 amide bonds. The number of nitrogens with zero attached hydrogens (tertiary/aromatic N) is 4. The van der Waals surface area contributed by atoms with Crippen LogP contribution in [0.1, 0.15) is 5.56 Å².